The van der Waals surface area contributed by atoms with E-state index in [1.54, 1.807) is 18.5 Å². The quantitative estimate of drug-likeness (QED) is 0.641. The number of aryl methyl sites for hydroxylation is 1. The Labute approximate surface area is 187 Å². The first kappa shape index (κ1) is 20.2. The van der Waals surface area contributed by atoms with Gasteiger partial charge in [-0.3, -0.25) is 4.79 Å². The summed E-state index contributed by atoms with van der Waals surface area (Å²) in [4.78, 5) is 29.8. The molecule has 2 saturated heterocycles. The fourth-order valence-electron chi connectivity index (χ4n) is 4.79. The molecule has 0 radical (unpaired) electrons. The molecule has 2 aliphatic rings. The highest BCUT2D eigenvalue weighted by Crippen LogP contribution is 2.37. The van der Waals surface area contributed by atoms with Crippen molar-refractivity contribution in [1.82, 2.24) is 19.9 Å². The van der Waals surface area contributed by atoms with Crippen LogP contribution in [0.3, 0.4) is 0 Å². The zero-order valence-corrected chi connectivity index (χ0v) is 18.3. The maximum absolute atomic E-state index is 12.1. The lowest BCUT2D eigenvalue weighted by Crippen LogP contribution is -2.48. The molecular formula is C24H27N7O. The molecule has 3 N–H and O–H groups in total. The Bertz CT molecular complexity index is 1150. The maximum atomic E-state index is 12.1. The number of nitrogens with one attached hydrogen (secondary N) is 1. The molecular weight excluding hydrogens is 402 g/mol. The summed E-state index contributed by atoms with van der Waals surface area (Å²) in [5, 5.41) is 3.31. The molecule has 1 amide bonds. The predicted octanol–water partition coefficient (Wildman–Crippen LogP) is 3.37. The Kier molecular flexibility index (Phi) is 5.13. The highest BCUT2D eigenvalue weighted by atomic mass is 16.2. The van der Waals surface area contributed by atoms with Gasteiger partial charge in [0.15, 0.2) is 0 Å². The summed E-state index contributed by atoms with van der Waals surface area (Å²) in [6.45, 7) is 5.80. The minimum absolute atomic E-state index is 0.269. The molecule has 0 spiro atoms. The SMILES string of the molecule is CCC(=O)N1C[C@@H]2C[C@H]1CN2c1ccc(Nc2nccc(-c3ccc(N)nc3)n2)cc1C. The molecule has 4 heterocycles. The van der Waals surface area contributed by atoms with Gasteiger partial charge in [0.2, 0.25) is 11.9 Å². The van der Waals surface area contributed by atoms with Gasteiger partial charge >= 0.3 is 0 Å². The molecule has 8 nitrogen and oxygen atoms in total. The van der Waals surface area contributed by atoms with Crippen molar-refractivity contribution in [2.24, 2.45) is 0 Å². The molecule has 5 rings (SSSR count). The minimum atomic E-state index is 0.269. The van der Waals surface area contributed by atoms with Gasteiger partial charge in [0.25, 0.3) is 0 Å². The van der Waals surface area contributed by atoms with Crippen LogP contribution in [0.1, 0.15) is 25.3 Å². The molecule has 0 saturated carbocycles. The van der Waals surface area contributed by atoms with Gasteiger partial charge in [-0.15, -0.1) is 0 Å². The number of amides is 1. The van der Waals surface area contributed by atoms with Crippen molar-refractivity contribution < 1.29 is 4.79 Å². The molecule has 2 bridgehead atoms. The topological polar surface area (TPSA) is 100 Å². The number of fused-ring (bicyclic) bond motifs is 2. The molecule has 2 aliphatic heterocycles. The van der Waals surface area contributed by atoms with Gasteiger partial charge in [-0.2, -0.15) is 0 Å². The average Bonchev–Trinajstić information content (AvgIpc) is 3.40. The van der Waals surface area contributed by atoms with E-state index < -0.39 is 0 Å². The van der Waals surface area contributed by atoms with Crippen LogP contribution in [0, 0.1) is 6.92 Å². The highest BCUT2D eigenvalue weighted by Gasteiger charge is 2.45. The summed E-state index contributed by atoms with van der Waals surface area (Å²) < 4.78 is 0. The molecule has 2 fully saturated rings. The zero-order valence-electron chi connectivity index (χ0n) is 18.3. The van der Waals surface area contributed by atoms with Crippen LogP contribution in [-0.4, -0.2) is 50.9 Å². The van der Waals surface area contributed by atoms with Crippen molar-refractivity contribution in [2.45, 2.75) is 38.8 Å². The third-order valence-electron chi connectivity index (χ3n) is 6.36. The van der Waals surface area contributed by atoms with Crippen LogP contribution in [0.25, 0.3) is 11.3 Å². The van der Waals surface area contributed by atoms with Crippen LogP contribution < -0.4 is 16.0 Å². The molecule has 3 aromatic rings. The lowest BCUT2D eigenvalue weighted by molar-refractivity contribution is -0.131. The number of carbonyl (C=O) groups excluding carboxylic acids is 1. The molecule has 32 heavy (non-hydrogen) atoms. The number of benzene rings is 1. The van der Waals surface area contributed by atoms with E-state index in [-0.39, 0.29) is 5.91 Å². The van der Waals surface area contributed by atoms with E-state index in [0.717, 1.165) is 36.5 Å². The van der Waals surface area contributed by atoms with E-state index >= 15 is 0 Å². The third kappa shape index (κ3) is 3.72. The monoisotopic (exact) mass is 429 g/mol. The van der Waals surface area contributed by atoms with Gasteiger partial charge in [-0.25, -0.2) is 15.0 Å². The molecule has 1 aromatic carbocycles. The molecule has 8 heteroatoms. The lowest BCUT2D eigenvalue weighted by atomic mass is 10.1. The van der Waals surface area contributed by atoms with E-state index in [2.05, 4.69) is 55.2 Å². The Morgan fingerprint density at radius 1 is 1.16 bits per heavy atom. The highest BCUT2D eigenvalue weighted by molar-refractivity contribution is 5.77. The number of likely N-dealkylation sites (tertiary alicyclic amines) is 1. The Balaban J connectivity index is 1.30. The normalized spacial score (nSPS) is 19.4. The summed E-state index contributed by atoms with van der Waals surface area (Å²) in [7, 11) is 0. The average molecular weight is 430 g/mol. The van der Waals surface area contributed by atoms with Crippen LogP contribution in [-0.2, 0) is 4.79 Å². The second kappa shape index (κ2) is 8.11. The first-order valence-electron chi connectivity index (χ1n) is 11.0. The summed E-state index contributed by atoms with van der Waals surface area (Å²) in [5.41, 5.74) is 10.7. The fourth-order valence-corrected chi connectivity index (χ4v) is 4.79. The van der Waals surface area contributed by atoms with E-state index in [9.17, 15) is 4.79 Å². The molecule has 2 aromatic heterocycles. The van der Waals surface area contributed by atoms with Gasteiger partial charge in [0.1, 0.15) is 5.82 Å². The first-order valence-corrected chi connectivity index (χ1v) is 11.0. The zero-order chi connectivity index (χ0) is 22.2. The second-order valence-corrected chi connectivity index (χ2v) is 8.46. The Morgan fingerprint density at radius 2 is 2.03 bits per heavy atom. The van der Waals surface area contributed by atoms with Crippen molar-refractivity contribution >= 4 is 29.0 Å². The number of carbonyl (C=O) groups is 1. The van der Waals surface area contributed by atoms with Gasteiger partial charge in [0.05, 0.1) is 11.7 Å². The van der Waals surface area contributed by atoms with Crippen molar-refractivity contribution in [1.29, 1.82) is 0 Å². The van der Waals surface area contributed by atoms with Crippen molar-refractivity contribution in [3.63, 3.8) is 0 Å². The van der Waals surface area contributed by atoms with Crippen molar-refractivity contribution in [3.8, 4) is 11.3 Å². The number of anilines is 4. The predicted molar refractivity (Wildman–Crippen MR) is 126 cm³/mol. The van der Waals surface area contributed by atoms with Gasteiger partial charge < -0.3 is 20.9 Å². The molecule has 2 atom stereocenters. The number of nitrogens with zero attached hydrogens (tertiary/aromatic N) is 5. The fraction of sp³-hybridized carbons (Fsp3) is 0.333. The maximum Gasteiger partial charge on any atom is 0.227 e. The van der Waals surface area contributed by atoms with Crippen LogP contribution in [0.2, 0.25) is 0 Å². The molecule has 164 valence electrons. The number of piperazine rings is 1. The largest absolute Gasteiger partial charge is 0.384 e. The number of nitrogen functional groups attached to an aromatic ring is 1. The van der Waals surface area contributed by atoms with Crippen LogP contribution in [0.4, 0.5) is 23.1 Å². The summed E-state index contributed by atoms with van der Waals surface area (Å²) in [6.07, 6.45) is 5.08. The summed E-state index contributed by atoms with van der Waals surface area (Å²) in [6, 6.07) is 12.6. The lowest BCUT2D eigenvalue weighted by Gasteiger charge is -2.36. The smallest absolute Gasteiger partial charge is 0.227 e. The van der Waals surface area contributed by atoms with E-state index in [0.29, 0.717) is 30.3 Å². The number of hydrogen-bond acceptors (Lipinski definition) is 7. The van der Waals surface area contributed by atoms with Gasteiger partial charge in [-0.05, 0) is 55.3 Å². The Hall–Kier alpha value is -3.68. The number of rotatable bonds is 5. The van der Waals surface area contributed by atoms with Crippen molar-refractivity contribution in [2.75, 3.05) is 29.0 Å². The number of hydrogen-bond donors (Lipinski definition) is 2. The van der Waals surface area contributed by atoms with Gasteiger partial charge in [-0.1, -0.05) is 6.92 Å². The van der Waals surface area contributed by atoms with E-state index in [1.807, 2.05) is 19.1 Å². The Morgan fingerprint density at radius 3 is 2.72 bits per heavy atom. The van der Waals surface area contributed by atoms with E-state index in [1.165, 1.54) is 11.3 Å². The first-order chi connectivity index (χ1) is 15.5. The van der Waals surface area contributed by atoms with E-state index in [4.69, 9.17) is 5.73 Å². The minimum Gasteiger partial charge on any atom is -0.384 e. The molecule has 0 unspecified atom stereocenters. The standard InChI is InChI=1S/C24H27N7O/c1-3-23(32)31-14-18-11-19(31)13-30(18)21-6-5-17(10-15(21)2)28-24-26-9-8-20(29-24)16-4-7-22(25)27-12-16/h4-10,12,18-19H,3,11,13-14H2,1-2H3,(H2,25,27)(H,26,28,29)/t18-,19-/m0/s1. The van der Waals surface area contributed by atoms with Crippen LogP contribution >= 0.6 is 0 Å². The number of nitrogens with two attached hydrogens (primary N) is 1. The van der Waals surface area contributed by atoms with Crippen molar-refractivity contribution in [3.05, 3.63) is 54.4 Å². The van der Waals surface area contributed by atoms with Crippen LogP contribution in [0.15, 0.2) is 48.8 Å². The molecule has 0 aliphatic carbocycles. The second-order valence-electron chi connectivity index (χ2n) is 8.46. The van der Waals surface area contributed by atoms with Crippen LogP contribution in [0.5, 0.6) is 0 Å². The van der Waals surface area contributed by atoms with Gasteiger partial charge in [0, 0.05) is 54.9 Å². The summed E-state index contributed by atoms with van der Waals surface area (Å²) in [5.74, 6) is 1.28. The number of pyridine rings is 1. The third-order valence-corrected chi connectivity index (χ3v) is 6.36. The summed E-state index contributed by atoms with van der Waals surface area (Å²) >= 11 is 0. The number of aromatic nitrogens is 3.